The van der Waals surface area contributed by atoms with Crippen molar-refractivity contribution >= 4 is 11.9 Å². The summed E-state index contributed by atoms with van der Waals surface area (Å²) < 4.78 is 5.40. The second-order valence-corrected chi connectivity index (χ2v) is 7.69. The number of aliphatic hydroxyl groups is 1. The molecule has 120 valence electrons. The fourth-order valence-corrected chi connectivity index (χ4v) is 3.43. The quantitative estimate of drug-likeness (QED) is 0.475. The molecule has 2 N–H and O–H groups in total. The predicted octanol–water partition coefficient (Wildman–Crippen LogP) is 2.38. The Bertz CT molecular complexity index is 436. The lowest BCUT2D eigenvalue weighted by Gasteiger charge is -2.47. The van der Waals surface area contributed by atoms with E-state index in [0.29, 0.717) is 0 Å². The van der Waals surface area contributed by atoms with Crippen molar-refractivity contribution in [2.75, 3.05) is 0 Å². The van der Waals surface area contributed by atoms with Crippen molar-refractivity contribution in [3.05, 3.63) is 12.2 Å². The lowest BCUT2D eigenvalue weighted by molar-refractivity contribution is -0.193. The number of aliphatic hydroxyl groups excluding tert-OH is 1. The van der Waals surface area contributed by atoms with Crippen molar-refractivity contribution in [2.45, 2.75) is 60.2 Å². The van der Waals surface area contributed by atoms with Gasteiger partial charge in [-0.3, -0.25) is 9.59 Å². The first kappa shape index (κ1) is 17.7. The molecule has 0 aromatic heterocycles. The SMILES string of the molecule is CC(C)(C)C(C(=O)O)(C(=O)O[C@@H]1C=C[C@H](O)C1)C(C)(C)C. The molecule has 0 spiro atoms. The van der Waals surface area contributed by atoms with E-state index in [2.05, 4.69) is 0 Å². The Hall–Kier alpha value is -1.36. The second kappa shape index (κ2) is 5.44. The van der Waals surface area contributed by atoms with Crippen LogP contribution in [-0.4, -0.2) is 34.4 Å². The van der Waals surface area contributed by atoms with E-state index in [1.165, 1.54) is 0 Å². The van der Waals surface area contributed by atoms with Gasteiger partial charge >= 0.3 is 11.9 Å². The normalized spacial score (nSPS) is 23.2. The van der Waals surface area contributed by atoms with E-state index >= 15 is 0 Å². The van der Waals surface area contributed by atoms with Crippen molar-refractivity contribution in [3.8, 4) is 0 Å². The van der Waals surface area contributed by atoms with Crippen LogP contribution in [0.1, 0.15) is 48.0 Å². The zero-order valence-corrected chi connectivity index (χ0v) is 13.6. The van der Waals surface area contributed by atoms with Crippen molar-refractivity contribution in [1.29, 1.82) is 0 Å². The third kappa shape index (κ3) is 2.98. The summed E-state index contributed by atoms with van der Waals surface area (Å²) in [6.45, 7) is 10.4. The summed E-state index contributed by atoms with van der Waals surface area (Å²) in [7, 11) is 0. The van der Waals surface area contributed by atoms with Gasteiger partial charge in [0.05, 0.1) is 6.10 Å². The Morgan fingerprint density at radius 1 is 1.05 bits per heavy atom. The maximum absolute atomic E-state index is 12.7. The molecule has 21 heavy (non-hydrogen) atoms. The molecule has 1 aliphatic carbocycles. The average Bonchev–Trinajstić information content (AvgIpc) is 2.58. The molecule has 0 radical (unpaired) electrons. The number of ether oxygens (including phenoxy) is 1. The molecular weight excluding hydrogens is 272 g/mol. The molecule has 0 aromatic carbocycles. The molecule has 0 aromatic rings. The van der Waals surface area contributed by atoms with Crippen LogP contribution in [0.5, 0.6) is 0 Å². The highest BCUT2D eigenvalue weighted by molar-refractivity contribution is 6.01. The van der Waals surface area contributed by atoms with Crippen molar-refractivity contribution in [2.24, 2.45) is 16.2 Å². The van der Waals surface area contributed by atoms with Crippen LogP contribution in [0.2, 0.25) is 0 Å². The zero-order valence-electron chi connectivity index (χ0n) is 13.6. The van der Waals surface area contributed by atoms with Gasteiger partial charge in [-0.1, -0.05) is 47.6 Å². The van der Waals surface area contributed by atoms with Crippen LogP contribution in [0.4, 0.5) is 0 Å². The highest BCUT2D eigenvalue weighted by Crippen LogP contribution is 2.53. The first-order valence-corrected chi connectivity index (χ1v) is 7.15. The molecule has 0 heterocycles. The summed E-state index contributed by atoms with van der Waals surface area (Å²) in [6.07, 6.45) is 2.20. The van der Waals surface area contributed by atoms with Gasteiger partial charge in [0.2, 0.25) is 0 Å². The molecule has 0 fully saturated rings. The zero-order chi connectivity index (χ0) is 16.6. The summed E-state index contributed by atoms with van der Waals surface area (Å²) in [5, 5.41) is 19.3. The monoisotopic (exact) mass is 298 g/mol. The van der Waals surface area contributed by atoms with Gasteiger partial charge in [-0.2, -0.15) is 0 Å². The number of rotatable bonds is 3. The molecule has 1 rings (SSSR count). The third-order valence-electron chi connectivity index (χ3n) is 4.16. The van der Waals surface area contributed by atoms with Crippen LogP contribution in [0, 0.1) is 16.2 Å². The smallest absolute Gasteiger partial charge is 0.325 e. The van der Waals surface area contributed by atoms with Gasteiger partial charge in [0, 0.05) is 6.42 Å². The van der Waals surface area contributed by atoms with Gasteiger partial charge in [0.25, 0.3) is 0 Å². The summed E-state index contributed by atoms with van der Waals surface area (Å²) >= 11 is 0. The average molecular weight is 298 g/mol. The lowest BCUT2D eigenvalue weighted by Crippen LogP contribution is -2.58. The minimum atomic E-state index is -1.68. The molecule has 5 nitrogen and oxygen atoms in total. The Balaban J connectivity index is 3.21. The van der Waals surface area contributed by atoms with Crippen molar-refractivity contribution in [3.63, 3.8) is 0 Å². The number of carboxylic acid groups (broad SMARTS) is 1. The van der Waals surface area contributed by atoms with E-state index in [9.17, 15) is 19.8 Å². The van der Waals surface area contributed by atoms with E-state index in [4.69, 9.17) is 4.74 Å². The lowest BCUT2D eigenvalue weighted by atomic mass is 9.54. The molecule has 0 saturated carbocycles. The van der Waals surface area contributed by atoms with E-state index in [-0.39, 0.29) is 6.42 Å². The number of aliphatic carboxylic acids is 1. The van der Waals surface area contributed by atoms with Gasteiger partial charge in [-0.15, -0.1) is 0 Å². The molecule has 1 aliphatic rings. The third-order valence-corrected chi connectivity index (χ3v) is 4.16. The van der Waals surface area contributed by atoms with Crippen molar-refractivity contribution < 1.29 is 24.5 Å². The number of carboxylic acids is 1. The molecule has 0 aliphatic heterocycles. The Kier molecular flexibility index (Phi) is 4.59. The predicted molar refractivity (Wildman–Crippen MR) is 78.6 cm³/mol. The van der Waals surface area contributed by atoms with E-state index in [1.807, 2.05) is 0 Å². The minimum absolute atomic E-state index is 0.274. The second-order valence-electron chi connectivity index (χ2n) is 7.69. The first-order valence-electron chi connectivity index (χ1n) is 7.15. The minimum Gasteiger partial charge on any atom is -0.480 e. The number of esters is 1. The van der Waals surface area contributed by atoms with Crippen LogP contribution < -0.4 is 0 Å². The highest BCUT2D eigenvalue weighted by Gasteiger charge is 2.63. The molecular formula is C16H26O5. The molecule has 0 saturated heterocycles. The number of carbonyl (C=O) groups excluding carboxylic acids is 1. The van der Waals surface area contributed by atoms with Crippen molar-refractivity contribution in [1.82, 2.24) is 0 Å². The Labute approximate surface area is 126 Å². The molecule has 5 heteroatoms. The number of carbonyl (C=O) groups is 2. The van der Waals surface area contributed by atoms with Crippen LogP contribution in [0.3, 0.4) is 0 Å². The van der Waals surface area contributed by atoms with Crippen LogP contribution >= 0.6 is 0 Å². The highest BCUT2D eigenvalue weighted by atomic mass is 16.5. The summed E-state index contributed by atoms with van der Waals surface area (Å²) in [5.74, 6) is -1.94. The fraction of sp³-hybridized carbons (Fsp3) is 0.750. The van der Waals surface area contributed by atoms with Gasteiger partial charge < -0.3 is 14.9 Å². The van der Waals surface area contributed by atoms with Crippen LogP contribution in [0.25, 0.3) is 0 Å². The number of hydrogen-bond donors (Lipinski definition) is 2. The van der Waals surface area contributed by atoms with Gasteiger partial charge in [0.1, 0.15) is 6.10 Å². The first-order chi connectivity index (χ1) is 9.34. The molecule has 2 atom stereocenters. The number of hydrogen-bond acceptors (Lipinski definition) is 4. The van der Waals surface area contributed by atoms with Gasteiger partial charge in [-0.05, 0) is 16.9 Å². The summed E-state index contributed by atoms with van der Waals surface area (Å²) in [4.78, 5) is 24.8. The van der Waals surface area contributed by atoms with E-state index < -0.39 is 40.4 Å². The van der Waals surface area contributed by atoms with Crippen LogP contribution in [0.15, 0.2) is 12.2 Å². The maximum Gasteiger partial charge on any atom is 0.325 e. The van der Waals surface area contributed by atoms with Gasteiger partial charge in [0.15, 0.2) is 5.41 Å². The molecule has 0 bridgehead atoms. The van der Waals surface area contributed by atoms with E-state index in [0.717, 1.165) is 0 Å². The van der Waals surface area contributed by atoms with Gasteiger partial charge in [-0.25, -0.2) is 0 Å². The molecule has 0 unspecified atom stereocenters. The maximum atomic E-state index is 12.7. The summed E-state index contributed by atoms with van der Waals surface area (Å²) in [6, 6.07) is 0. The Morgan fingerprint density at radius 2 is 1.52 bits per heavy atom. The van der Waals surface area contributed by atoms with Crippen LogP contribution in [-0.2, 0) is 14.3 Å². The standard InChI is InChI=1S/C16H26O5/c1-14(2,3)16(12(18)19,15(4,5)6)13(20)21-11-8-7-10(17)9-11/h7-8,10-11,17H,9H2,1-6H3,(H,18,19)/t10-,11+/m0/s1. The Morgan fingerprint density at radius 3 is 1.81 bits per heavy atom. The van der Waals surface area contributed by atoms with E-state index in [1.54, 1.807) is 53.7 Å². The summed E-state index contributed by atoms with van der Waals surface area (Å²) in [5.41, 5.74) is -3.33. The molecule has 0 amide bonds. The topological polar surface area (TPSA) is 83.8 Å². The fourth-order valence-electron chi connectivity index (χ4n) is 3.43. The largest absolute Gasteiger partial charge is 0.480 e.